The molecule has 1 saturated heterocycles. The molecular formula is C23H21Cl2N3O3S. The summed E-state index contributed by atoms with van der Waals surface area (Å²) in [6, 6.07) is 16.1. The van der Waals surface area contributed by atoms with Gasteiger partial charge >= 0.3 is 0 Å². The van der Waals surface area contributed by atoms with Gasteiger partial charge in [-0.1, -0.05) is 41.4 Å². The monoisotopic (exact) mass is 489 g/mol. The van der Waals surface area contributed by atoms with Crippen LogP contribution >= 0.6 is 34.5 Å². The Balaban J connectivity index is 1.31. The molecule has 2 heterocycles. The predicted octanol–water partition coefficient (Wildman–Crippen LogP) is 5.03. The lowest BCUT2D eigenvalue weighted by atomic mass is 10.2. The number of nitrogens with zero attached hydrogens (tertiary/aromatic N) is 2. The van der Waals surface area contributed by atoms with E-state index in [1.807, 2.05) is 28.5 Å². The Bertz CT molecular complexity index is 1100. The molecule has 0 bridgehead atoms. The number of piperazine rings is 1. The van der Waals surface area contributed by atoms with Crippen LogP contribution in [0.5, 0.6) is 5.75 Å². The van der Waals surface area contributed by atoms with Crippen LogP contribution in [0.25, 0.3) is 0 Å². The average Bonchev–Trinajstić information content (AvgIpc) is 3.33. The summed E-state index contributed by atoms with van der Waals surface area (Å²) >= 11 is 14.0. The quantitative estimate of drug-likeness (QED) is 0.526. The SMILES string of the molecule is O=C(COc1ccccc1Cl)Nc1ccc(N2CCN(C(=O)c3cccs3)CC2)c(Cl)c1. The summed E-state index contributed by atoms with van der Waals surface area (Å²) in [5.41, 5.74) is 1.46. The van der Waals surface area contributed by atoms with Gasteiger partial charge in [0.05, 0.1) is 20.6 Å². The van der Waals surface area contributed by atoms with Crippen molar-refractivity contribution in [2.45, 2.75) is 0 Å². The lowest BCUT2D eigenvalue weighted by Gasteiger charge is -2.36. The van der Waals surface area contributed by atoms with Crippen molar-refractivity contribution in [3.63, 3.8) is 0 Å². The largest absolute Gasteiger partial charge is 0.482 e. The fourth-order valence-corrected chi connectivity index (χ4v) is 4.63. The third kappa shape index (κ3) is 5.35. The molecule has 3 aromatic rings. The number of anilines is 2. The minimum Gasteiger partial charge on any atom is -0.482 e. The van der Waals surface area contributed by atoms with Gasteiger partial charge in [0.15, 0.2) is 6.61 Å². The lowest BCUT2D eigenvalue weighted by Crippen LogP contribution is -2.48. The van der Waals surface area contributed by atoms with Gasteiger partial charge < -0.3 is 19.9 Å². The summed E-state index contributed by atoms with van der Waals surface area (Å²) in [4.78, 5) is 29.5. The molecule has 166 valence electrons. The molecule has 1 aliphatic rings. The molecule has 0 atom stereocenters. The zero-order valence-electron chi connectivity index (χ0n) is 17.1. The molecule has 0 saturated carbocycles. The average molecular weight is 490 g/mol. The summed E-state index contributed by atoms with van der Waals surface area (Å²) in [5.74, 6) is 0.214. The number of hydrogen-bond donors (Lipinski definition) is 1. The Hall–Kier alpha value is -2.74. The molecule has 0 unspecified atom stereocenters. The van der Waals surface area contributed by atoms with Gasteiger partial charge in [-0.15, -0.1) is 11.3 Å². The van der Waals surface area contributed by atoms with Crippen LogP contribution in [-0.4, -0.2) is 49.5 Å². The van der Waals surface area contributed by atoms with Crippen LogP contribution in [0, 0.1) is 0 Å². The standard InChI is InChI=1S/C23H21Cl2N3O3S/c24-17-4-1-2-5-20(17)31-15-22(29)26-16-7-8-19(18(25)14-16)27-9-11-28(12-10-27)23(30)21-6-3-13-32-21/h1-8,13-14H,9-12,15H2,(H,26,29). The summed E-state index contributed by atoms with van der Waals surface area (Å²) in [7, 11) is 0. The Morgan fingerprint density at radius 1 is 0.969 bits per heavy atom. The van der Waals surface area contributed by atoms with Crippen LogP contribution in [0.1, 0.15) is 9.67 Å². The smallest absolute Gasteiger partial charge is 0.264 e. The topological polar surface area (TPSA) is 61.9 Å². The van der Waals surface area contributed by atoms with Gasteiger partial charge in [0.2, 0.25) is 0 Å². The van der Waals surface area contributed by atoms with Crippen LogP contribution in [0.3, 0.4) is 0 Å². The number of halogens is 2. The second-order valence-electron chi connectivity index (χ2n) is 7.19. The number of ether oxygens (including phenoxy) is 1. The van der Waals surface area contributed by atoms with Crippen molar-refractivity contribution in [1.29, 1.82) is 0 Å². The van der Waals surface area contributed by atoms with Crippen molar-refractivity contribution in [3.05, 3.63) is 74.9 Å². The predicted molar refractivity (Wildman–Crippen MR) is 129 cm³/mol. The molecule has 9 heteroatoms. The van der Waals surface area contributed by atoms with Crippen molar-refractivity contribution in [1.82, 2.24) is 4.90 Å². The van der Waals surface area contributed by atoms with E-state index in [0.29, 0.717) is 47.7 Å². The molecule has 4 rings (SSSR count). The van der Waals surface area contributed by atoms with Gasteiger partial charge in [0, 0.05) is 31.9 Å². The third-order valence-electron chi connectivity index (χ3n) is 5.07. The van der Waals surface area contributed by atoms with Crippen LogP contribution < -0.4 is 15.0 Å². The molecule has 1 aromatic heterocycles. The van der Waals surface area contributed by atoms with Crippen LogP contribution in [0.2, 0.25) is 10.0 Å². The number of carbonyl (C=O) groups excluding carboxylic acids is 2. The number of carbonyl (C=O) groups is 2. The van der Waals surface area contributed by atoms with Gasteiger partial charge in [-0.3, -0.25) is 9.59 Å². The van der Waals surface area contributed by atoms with Crippen LogP contribution in [0.15, 0.2) is 60.0 Å². The van der Waals surface area contributed by atoms with E-state index in [9.17, 15) is 9.59 Å². The van der Waals surface area contributed by atoms with E-state index in [0.717, 1.165) is 10.6 Å². The molecule has 32 heavy (non-hydrogen) atoms. The second kappa shape index (κ2) is 10.3. The highest BCUT2D eigenvalue weighted by molar-refractivity contribution is 7.12. The fourth-order valence-electron chi connectivity index (χ4n) is 3.45. The van der Waals surface area contributed by atoms with Gasteiger partial charge in [0.1, 0.15) is 5.75 Å². The molecule has 1 fully saturated rings. The van der Waals surface area contributed by atoms with E-state index >= 15 is 0 Å². The first-order valence-electron chi connectivity index (χ1n) is 10.1. The van der Waals surface area contributed by atoms with Gasteiger partial charge in [-0.2, -0.15) is 0 Å². The van der Waals surface area contributed by atoms with Crippen LogP contribution in [-0.2, 0) is 4.79 Å². The Morgan fingerprint density at radius 3 is 2.44 bits per heavy atom. The van der Waals surface area contributed by atoms with Crippen molar-refractivity contribution in [2.75, 3.05) is 43.0 Å². The normalized spacial score (nSPS) is 13.7. The highest BCUT2D eigenvalue weighted by Gasteiger charge is 2.24. The highest BCUT2D eigenvalue weighted by atomic mass is 35.5. The van der Waals surface area contributed by atoms with Crippen molar-refractivity contribution >= 4 is 57.7 Å². The van der Waals surface area contributed by atoms with Crippen molar-refractivity contribution in [3.8, 4) is 5.75 Å². The summed E-state index contributed by atoms with van der Waals surface area (Å²) in [5, 5.41) is 5.67. The molecule has 1 N–H and O–H groups in total. The third-order valence-corrected chi connectivity index (χ3v) is 6.54. The molecule has 2 aromatic carbocycles. The zero-order valence-corrected chi connectivity index (χ0v) is 19.4. The summed E-state index contributed by atoms with van der Waals surface area (Å²) in [6.07, 6.45) is 0. The number of benzene rings is 2. The maximum Gasteiger partial charge on any atom is 0.264 e. The lowest BCUT2D eigenvalue weighted by molar-refractivity contribution is -0.118. The first kappa shape index (κ1) is 22.5. The number of amides is 2. The Labute approximate surface area is 200 Å². The Morgan fingerprint density at radius 2 is 1.75 bits per heavy atom. The molecule has 1 aliphatic heterocycles. The van der Waals surface area contributed by atoms with E-state index in [2.05, 4.69) is 10.2 Å². The number of hydrogen-bond acceptors (Lipinski definition) is 5. The summed E-state index contributed by atoms with van der Waals surface area (Å²) in [6.45, 7) is 2.47. The van der Waals surface area contributed by atoms with E-state index in [-0.39, 0.29) is 18.4 Å². The molecule has 0 radical (unpaired) electrons. The number of thiophene rings is 1. The minimum atomic E-state index is -0.311. The van der Waals surface area contributed by atoms with Gasteiger partial charge in [-0.05, 0) is 41.8 Å². The maximum absolute atomic E-state index is 12.5. The molecule has 0 aliphatic carbocycles. The molecule has 2 amide bonds. The second-order valence-corrected chi connectivity index (χ2v) is 8.95. The number of para-hydroxylation sites is 1. The number of rotatable bonds is 6. The van der Waals surface area contributed by atoms with Crippen molar-refractivity contribution < 1.29 is 14.3 Å². The van der Waals surface area contributed by atoms with Crippen LogP contribution in [0.4, 0.5) is 11.4 Å². The molecule has 0 spiro atoms. The van der Waals surface area contributed by atoms with E-state index in [4.69, 9.17) is 27.9 Å². The number of nitrogens with one attached hydrogen (secondary N) is 1. The highest BCUT2D eigenvalue weighted by Crippen LogP contribution is 2.30. The first-order chi connectivity index (χ1) is 15.5. The van der Waals surface area contributed by atoms with Gasteiger partial charge in [-0.25, -0.2) is 0 Å². The zero-order chi connectivity index (χ0) is 22.5. The first-order valence-corrected chi connectivity index (χ1v) is 11.7. The molecule has 6 nitrogen and oxygen atoms in total. The summed E-state index contributed by atoms with van der Waals surface area (Å²) < 4.78 is 5.46. The van der Waals surface area contributed by atoms with E-state index in [1.54, 1.807) is 36.4 Å². The maximum atomic E-state index is 12.5. The minimum absolute atomic E-state index is 0.0721. The van der Waals surface area contributed by atoms with E-state index in [1.165, 1.54) is 11.3 Å². The molecular weight excluding hydrogens is 469 g/mol. The fraction of sp³-hybridized carbons (Fsp3) is 0.217. The Kier molecular flexibility index (Phi) is 7.19. The van der Waals surface area contributed by atoms with Crippen molar-refractivity contribution in [2.24, 2.45) is 0 Å². The van der Waals surface area contributed by atoms with E-state index < -0.39 is 0 Å². The van der Waals surface area contributed by atoms with Gasteiger partial charge in [0.25, 0.3) is 11.8 Å².